The van der Waals surface area contributed by atoms with E-state index in [1.807, 2.05) is 24.0 Å². The van der Waals surface area contributed by atoms with Gasteiger partial charge in [0.15, 0.2) is 6.20 Å². The zero-order valence-electron chi connectivity index (χ0n) is 8.58. The van der Waals surface area contributed by atoms with Gasteiger partial charge < -0.3 is 4.55 Å². The van der Waals surface area contributed by atoms with Crippen molar-refractivity contribution in [1.82, 2.24) is 0 Å². The molecule has 1 N–H and O–H groups in total. The predicted octanol–water partition coefficient (Wildman–Crippen LogP) is 1.46. The fourth-order valence-electron chi connectivity index (χ4n) is 0.901. The Labute approximate surface area is 98.3 Å². The van der Waals surface area contributed by atoms with Crippen molar-refractivity contribution in [3.05, 3.63) is 46.9 Å². The van der Waals surface area contributed by atoms with E-state index >= 15 is 0 Å². The van der Waals surface area contributed by atoms with Gasteiger partial charge in [0.05, 0.1) is 10.3 Å². The summed E-state index contributed by atoms with van der Waals surface area (Å²) in [6.45, 7) is 1.82. The number of aryl methyl sites for hydroxylation is 1. The molecular weight excluding hydrogens is 246 g/mol. The van der Waals surface area contributed by atoms with Crippen LogP contribution in [0.2, 0.25) is 0 Å². The molecule has 0 unspecified atom stereocenters. The molecule has 0 aliphatic rings. The second-order valence-electron chi connectivity index (χ2n) is 2.99. The third kappa shape index (κ3) is 4.52. The lowest BCUT2D eigenvalue weighted by Crippen LogP contribution is -1.97. The molecule has 0 aliphatic heterocycles. The average molecular weight is 257 g/mol. The molecule has 6 heteroatoms. The normalized spacial score (nSPS) is 10.4. The van der Waals surface area contributed by atoms with Crippen LogP contribution in [0.1, 0.15) is 5.56 Å². The second kappa shape index (κ2) is 5.74. The van der Waals surface area contributed by atoms with E-state index in [-0.39, 0.29) is 4.90 Å². The minimum Gasteiger partial charge on any atom is -0.744 e. The van der Waals surface area contributed by atoms with Crippen LogP contribution in [0.5, 0.6) is 0 Å². The van der Waals surface area contributed by atoms with Gasteiger partial charge in [-0.1, -0.05) is 29.0 Å². The summed E-state index contributed by atoms with van der Waals surface area (Å²) >= 11 is 1.66. The maximum absolute atomic E-state index is 10.4. The van der Waals surface area contributed by atoms with E-state index in [0.29, 0.717) is 0 Å². The molecule has 1 heterocycles. The third-order valence-corrected chi connectivity index (χ3v) is 3.10. The summed E-state index contributed by atoms with van der Waals surface area (Å²) in [5.41, 5.74) is 2.84. The van der Waals surface area contributed by atoms with E-state index in [9.17, 15) is 13.0 Å². The first-order valence-electron chi connectivity index (χ1n) is 4.41. The first kappa shape index (κ1) is 12.8. The maximum atomic E-state index is 10.4. The summed E-state index contributed by atoms with van der Waals surface area (Å²) in [4.78, 5) is 2.70. The molecule has 4 nitrogen and oxygen atoms in total. The van der Waals surface area contributed by atoms with Gasteiger partial charge in [-0.25, -0.2) is 13.4 Å². The fraction of sp³-hybridized carbons (Fsp3) is 0.100. The van der Waals surface area contributed by atoms with Crippen molar-refractivity contribution in [1.29, 1.82) is 0 Å². The van der Waals surface area contributed by atoms with E-state index in [2.05, 4.69) is 4.98 Å². The largest absolute Gasteiger partial charge is 0.744 e. The van der Waals surface area contributed by atoms with Gasteiger partial charge >= 0.3 is 0 Å². The van der Waals surface area contributed by atoms with Gasteiger partial charge in [-0.15, -0.1) is 0 Å². The van der Waals surface area contributed by atoms with Crippen LogP contribution in [0.3, 0.4) is 0 Å². The quantitative estimate of drug-likeness (QED) is 0.726. The predicted molar refractivity (Wildman–Crippen MR) is 60.0 cm³/mol. The van der Waals surface area contributed by atoms with Crippen molar-refractivity contribution < 1.29 is 18.0 Å². The lowest BCUT2D eigenvalue weighted by Gasteiger charge is -2.05. The number of nitrogens with one attached hydrogen (secondary N) is 1. The van der Waals surface area contributed by atoms with Crippen LogP contribution in [0.25, 0.3) is 0 Å². The highest BCUT2D eigenvalue weighted by atomic mass is 32.2. The monoisotopic (exact) mass is 257 g/mol. The third-order valence-electron chi connectivity index (χ3n) is 1.69. The average Bonchev–Trinajstić information content (AvgIpc) is 2.74. The van der Waals surface area contributed by atoms with E-state index < -0.39 is 10.1 Å². The number of aromatic nitrogens is 1. The Morgan fingerprint density at radius 2 is 1.88 bits per heavy atom. The van der Waals surface area contributed by atoms with Crippen molar-refractivity contribution in [3.8, 4) is 0 Å². The Morgan fingerprint density at radius 3 is 2.19 bits per heavy atom. The minimum absolute atomic E-state index is 0.178. The Balaban J connectivity index is 0.000000212. The lowest BCUT2D eigenvalue weighted by atomic mass is 10.2. The van der Waals surface area contributed by atoms with Gasteiger partial charge in [0.25, 0.3) is 0 Å². The fourth-order valence-corrected chi connectivity index (χ4v) is 1.76. The van der Waals surface area contributed by atoms with Crippen LogP contribution in [0.15, 0.2) is 46.2 Å². The number of hydrogen-bond acceptors (Lipinski definition) is 4. The van der Waals surface area contributed by atoms with E-state index in [0.717, 1.165) is 5.56 Å². The summed E-state index contributed by atoms with van der Waals surface area (Å²) in [7, 11) is -4.27. The number of hydrogen-bond donors (Lipinski definition) is 0. The molecule has 0 amide bonds. The molecule has 0 fully saturated rings. The van der Waals surface area contributed by atoms with Crippen molar-refractivity contribution in [2.45, 2.75) is 11.8 Å². The second-order valence-corrected chi connectivity index (χ2v) is 5.15. The molecule has 0 saturated heterocycles. The van der Waals surface area contributed by atoms with Gasteiger partial charge in [0.2, 0.25) is 5.51 Å². The molecular formula is C10H11NO3S2. The topological polar surface area (TPSA) is 71.3 Å². The van der Waals surface area contributed by atoms with Crippen LogP contribution in [0, 0.1) is 6.92 Å². The van der Waals surface area contributed by atoms with Gasteiger partial charge in [0, 0.05) is 0 Å². The molecule has 0 bridgehead atoms. The molecule has 0 saturated carbocycles. The first-order valence-corrected chi connectivity index (χ1v) is 6.76. The molecule has 0 atom stereocenters. The van der Waals surface area contributed by atoms with Crippen molar-refractivity contribution >= 4 is 21.5 Å². The highest BCUT2D eigenvalue weighted by molar-refractivity contribution is 7.85. The van der Waals surface area contributed by atoms with Crippen LogP contribution in [0.4, 0.5) is 0 Å². The zero-order valence-corrected chi connectivity index (χ0v) is 10.2. The lowest BCUT2D eigenvalue weighted by molar-refractivity contribution is -0.370. The van der Waals surface area contributed by atoms with Crippen molar-refractivity contribution in [3.63, 3.8) is 0 Å². The number of thiazole rings is 1. The molecule has 86 valence electrons. The summed E-state index contributed by atoms with van der Waals surface area (Å²) in [6.07, 6.45) is 1.89. The molecule has 1 aromatic carbocycles. The summed E-state index contributed by atoms with van der Waals surface area (Å²) in [6, 6.07) is 5.78. The molecule has 1 aromatic heterocycles. The molecule has 2 aromatic rings. The SMILES string of the molecule is Cc1ccc(S(=O)(=O)[O-])cc1.c1csc[nH+]1. The van der Waals surface area contributed by atoms with Gasteiger partial charge in [-0.2, -0.15) is 0 Å². The zero-order chi connectivity index (χ0) is 12.0. The van der Waals surface area contributed by atoms with Crippen LogP contribution in [-0.2, 0) is 10.1 Å². The van der Waals surface area contributed by atoms with Gasteiger partial charge in [-0.05, 0) is 19.1 Å². The van der Waals surface area contributed by atoms with E-state index in [1.165, 1.54) is 12.1 Å². The van der Waals surface area contributed by atoms with Crippen molar-refractivity contribution in [2.75, 3.05) is 0 Å². The Hall–Kier alpha value is -1.24. The van der Waals surface area contributed by atoms with Crippen LogP contribution < -0.4 is 4.98 Å². The van der Waals surface area contributed by atoms with E-state index in [1.54, 1.807) is 23.5 Å². The standard InChI is InChI=1S/C7H8O3S.C3H3NS/c1-6-2-4-7(5-3-6)11(8,9)10;1-2-5-3-4-1/h2-5H,1H3,(H,8,9,10);1-3H. The number of aromatic amines is 1. The Bertz CT molecular complexity index is 486. The molecule has 0 spiro atoms. The Kier molecular flexibility index (Phi) is 4.60. The maximum Gasteiger partial charge on any atom is 0.222 e. The van der Waals surface area contributed by atoms with Crippen LogP contribution >= 0.6 is 11.3 Å². The summed E-state index contributed by atoms with van der Waals surface area (Å²) < 4.78 is 31.2. The van der Waals surface area contributed by atoms with Crippen molar-refractivity contribution in [2.24, 2.45) is 0 Å². The smallest absolute Gasteiger partial charge is 0.222 e. The molecule has 16 heavy (non-hydrogen) atoms. The Morgan fingerprint density at radius 1 is 1.25 bits per heavy atom. The van der Waals surface area contributed by atoms with E-state index in [4.69, 9.17) is 0 Å². The number of benzene rings is 1. The molecule has 0 radical (unpaired) electrons. The number of H-pyrrole nitrogens is 1. The number of rotatable bonds is 1. The minimum atomic E-state index is -4.27. The highest BCUT2D eigenvalue weighted by Gasteiger charge is 1.97. The molecule has 0 aliphatic carbocycles. The van der Waals surface area contributed by atoms with Crippen LogP contribution in [-0.4, -0.2) is 13.0 Å². The van der Waals surface area contributed by atoms with Gasteiger partial charge in [0.1, 0.15) is 10.1 Å². The first-order chi connectivity index (χ1) is 7.50. The highest BCUT2D eigenvalue weighted by Crippen LogP contribution is 2.08. The van der Waals surface area contributed by atoms with Gasteiger partial charge in [-0.3, -0.25) is 0 Å². The molecule has 2 rings (SSSR count). The summed E-state index contributed by atoms with van der Waals surface area (Å²) in [5.74, 6) is 0. The summed E-state index contributed by atoms with van der Waals surface area (Å²) in [5, 5.41) is 1.99.